The van der Waals surface area contributed by atoms with Gasteiger partial charge in [0.25, 0.3) is 0 Å². The molecule has 1 aromatic rings. The highest BCUT2D eigenvalue weighted by Crippen LogP contribution is 2.29. The molecular weight excluding hydrogens is 381 g/mol. The number of nitrogens with one attached hydrogen (secondary N) is 1. The summed E-state index contributed by atoms with van der Waals surface area (Å²) in [4.78, 5) is 15.0. The van der Waals surface area contributed by atoms with Crippen molar-refractivity contribution < 1.29 is 22.7 Å². The molecule has 0 aliphatic carbocycles. The van der Waals surface area contributed by atoms with E-state index in [0.717, 1.165) is 38.8 Å². The highest BCUT2D eigenvalue weighted by Gasteiger charge is 2.30. The summed E-state index contributed by atoms with van der Waals surface area (Å²) in [5, 5.41) is 2.98. The summed E-state index contributed by atoms with van der Waals surface area (Å²) in [5.41, 5.74) is 2.03. The van der Waals surface area contributed by atoms with Crippen molar-refractivity contribution >= 4 is 24.0 Å². The molecule has 154 valence electrons. The molecule has 1 N–H and O–H groups in total. The predicted octanol–water partition coefficient (Wildman–Crippen LogP) is 4.87. The number of likely N-dealkylation sites (tertiary alicyclic amines) is 1. The predicted molar refractivity (Wildman–Crippen MR) is 103 cm³/mol. The van der Waals surface area contributed by atoms with Crippen LogP contribution in [0.15, 0.2) is 12.1 Å². The molecule has 0 aromatic heterocycles. The maximum absolute atomic E-state index is 12.8. The molecule has 1 heterocycles. The zero-order chi connectivity index (χ0) is 19.3. The van der Waals surface area contributed by atoms with Gasteiger partial charge in [0.05, 0.1) is 6.04 Å². The van der Waals surface area contributed by atoms with Gasteiger partial charge in [0.1, 0.15) is 5.75 Å². The number of nitrogens with zero attached hydrogens (tertiary/aromatic N) is 1. The molecule has 8 heteroatoms. The molecule has 2 rings (SSSR count). The lowest BCUT2D eigenvalue weighted by Crippen LogP contribution is -2.47. The molecular formula is C19H28ClF3N2O2. The molecule has 4 nitrogen and oxygen atoms in total. The molecule has 0 saturated carbocycles. The van der Waals surface area contributed by atoms with Crippen LogP contribution in [0.25, 0.3) is 0 Å². The minimum atomic E-state index is -4.38. The van der Waals surface area contributed by atoms with Crippen molar-refractivity contribution in [3.8, 4) is 5.75 Å². The lowest BCUT2D eigenvalue weighted by Gasteiger charge is -2.34. The molecule has 1 atom stereocenters. The maximum atomic E-state index is 12.8. The Labute approximate surface area is 164 Å². The fourth-order valence-corrected chi connectivity index (χ4v) is 3.42. The van der Waals surface area contributed by atoms with Crippen LogP contribution in [0.1, 0.15) is 43.7 Å². The molecule has 1 fully saturated rings. The van der Waals surface area contributed by atoms with E-state index in [-0.39, 0.29) is 30.1 Å². The van der Waals surface area contributed by atoms with E-state index in [1.165, 1.54) is 12.1 Å². The monoisotopic (exact) mass is 408 g/mol. The van der Waals surface area contributed by atoms with Crippen LogP contribution < -0.4 is 10.1 Å². The van der Waals surface area contributed by atoms with Gasteiger partial charge in [-0.3, -0.25) is 9.69 Å². The zero-order valence-electron chi connectivity index (χ0n) is 16.0. The third-order valence-electron chi connectivity index (χ3n) is 4.58. The third-order valence-corrected chi connectivity index (χ3v) is 4.58. The standard InChI is InChI=1S/C19H27F3N2O2.ClH/c1-4-8-24-9-6-5-7-16(24)18(25)23-17-13(2)10-15(11-14(17)3)26-12-19(20,21)22;/h10-11,16H,4-9,12H2,1-3H3,(H,23,25);1H/t16-;/m0./s1. The number of hydrogen-bond donors (Lipinski definition) is 1. The number of anilines is 1. The van der Waals surface area contributed by atoms with Crippen LogP contribution in [0.4, 0.5) is 18.9 Å². The first-order chi connectivity index (χ1) is 12.2. The molecule has 1 aliphatic rings. The number of ether oxygens (including phenoxy) is 1. The van der Waals surface area contributed by atoms with Gasteiger partial charge in [-0.05, 0) is 69.5 Å². The summed E-state index contributed by atoms with van der Waals surface area (Å²) < 4.78 is 41.7. The van der Waals surface area contributed by atoms with Gasteiger partial charge in [-0.15, -0.1) is 12.4 Å². The number of halogens is 4. The Kier molecular flexibility index (Phi) is 8.88. The molecule has 1 aliphatic heterocycles. The summed E-state index contributed by atoms with van der Waals surface area (Å²) in [6.07, 6.45) is -0.421. The Bertz CT molecular complexity index is 613. The van der Waals surface area contributed by atoms with Crippen LogP contribution >= 0.6 is 12.4 Å². The first-order valence-electron chi connectivity index (χ1n) is 9.07. The first kappa shape index (κ1) is 23.6. The molecule has 0 unspecified atom stereocenters. The number of benzene rings is 1. The van der Waals surface area contributed by atoms with Gasteiger partial charge in [-0.1, -0.05) is 13.3 Å². The van der Waals surface area contributed by atoms with Crippen LogP contribution in [0, 0.1) is 13.8 Å². The summed E-state index contributed by atoms with van der Waals surface area (Å²) in [7, 11) is 0. The Balaban J connectivity index is 0.00000364. The summed E-state index contributed by atoms with van der Waals surface area (Å²) in [6, 6.07) is 2.90. The number of amides is 1. The van der Waals surface area contributed by atoms with E-state index in [1.54, 1.807) is 13.8 Å². The van der Waals surface area contributed by atoms with Gasteiger partial charge in [-0.25, -0.2) is 0 Å². The van der Waals surface area contributed by atoms with Crippen molar-refractivity contribution in [2.45, 2.75) is 58.7 Å². The normalized spacial score (nSPS) is 17.9. The highest BCUT2D eigenvalue weighted by atomic mass is 35.5. The van der Waals surface area contributed by atoms with E-state index in [0.29, 0.717) is 16.8 Å². The Hall–Kier alpha value is -1.47. The largest absolute Gasteiger partial charge is 0.484 e. The van der Waals surface area contributed by atoms with Crippen molar-refractivity contribution in [3.05, 3.63) is 23.3 Å². The number of carbonyl (C=O) groups excluding carboxylic acids is 1. The van der Waals surface area contributed by atoms with E-state index >= 15 is 0 Å². The van der Waals surface area contributed by atoms with Crippen LogP contribution in [0.2, 0.25) is 0 Å². The van der Waals surface area contributed by atoms with E-state index in [2.05, 4.69) is 17.1 Å². The fraction of sp³-hybridized carbons (Fsp3) is 0.632. The van der Waals surface area contributed by atoms with Crippen LogP contribution in [0.5, 0.6) is 5.75 Å². The molecule has 27 heavy (non-hydrogen) atoms. The van der Waals surface area contributed by atoms with Crippen molar-refractivity contribution in [1.82, 2.24) is 4.90 Å². The topological polar surface area (TPSA) is 41.6 Å². The second kappa shape index (κ2) is 10.2. The summed E-state index contributed by atoms with van der Waals surface area (Å²) >= 11 is 0. The Morgan fingerprint density at radius 1 is 1.26 bits per heavy atom. The van der Waals surface area contributed by atoms with Gasteiger partial charge in [0.15, 0.2) is 6.61 Å². The average Bonchev–Trinajstić information content (AvgIpc) is 2.56. The fourth-order valence-electron chi connectivity index (χ4n) is 3.42. The van der Waals surface area contributed by atoms with E-state index in [1.807, 2.05) is 0 Å². The number of rotatable bonds is 6. The minimum absolute atomic E-state index is 0. The van der Waals surface area contributed by atoms with Crippen molar-refractivity contribution in [3.63, 3.8) is 0 Å². The molecule has 0 spiro atoms. The second-order valence-corrected chi connectivity index (χ2v) is 6.87. The first-order valence-corrected chi connectivity index (χ1v) is 9.07. The number of alkyl halides is 3. The van der Waals surface area contributed by atoms with Crippen molar-refractivity contribution in [1.29, 1.82) is 0 Å². The van der Waals surface area contributed by atoms with Crippen LogP contribution in [-0.2, 0) is 4.79 Å². The lowest BCUT2D eigenvalue weighted by atomic mass is 10.0. The van der Waals surface area contributed by atoms with Crippen molar-refractivity contribution in [2.75, 3.05) is 25.0 Å². The Morgan fingerprint density at radius 2 is 1.89 bits per heavy atom. The SMILES string of the molecule is CCCN1CCCC[C@H]1C(=O)Nc1c(C)cc(OCC(F)(F)F)cc1C.Cl. The Morgan fingerprint density at radius 3 is 2.44 bits per heavy atom. The smallest absolute Gasteiger partial charge is 0.422 e. The third kappa shape index (κ3) is 6.88. The van der Waals surface area contributed by atoms with E-state index in [4.69, 9.17) is 4.74 Å². The van der Waals surface area contributed by atoms with E-state index in [9.17, 15) is 18.0 Å². The van der Waals surface area contributed by atoms with Gasteiger partial charge in [0.2, 0.25) is 5.91 Å². The number of piperidine rings is 1. The lowest BCUT2D eigenvalue weighted by molar-refractivity contribution is -0.153. The molecule has 1 amide bonds. The van der Waals surface area contributed by atoms with Gasteiger partial charge < -0.3 is 10.1 Å². The molecule has 0 radical (unpaired) electrons. The second-order valence-electron chi connectivity index (χ2n) is 6.87. The molecule has 1 saturated heterocycles. The van der Waals surface area contributed by atoms with Crippen LogP contribution in [-0.4, -0.2) is 42.7 Å². The molecule has 0 bridgehead atoms. The van der Waals surface area contributed by atoms with Gasteiger partial charge in [-0.2, -0.15) is 13.2 Å². The average molecular weight is 409 g/mol. The summed E-state index contributed by atoms with van der Waals surface area (Å²) in [6.45, 7) is 6.10. The number of carbonyl (C=O) groups is 1. The van der Waals surface area contributed by atoms with Gasteiger partial charge in [0, 0.05) is 5.69 Å². The highest BCUT2D eigenvalue weighted by molar-refractivity contribution is 5.96. The maximum Gasteiger partial charge on any atom is 0.422 e. The molecule has 1 aromatic carbocycles. The van der Waals surface area contributed by atoms with E-state index < -0.39 is 12.8 Å². The zero-order valence-corrected chi connectivity index (χ0v) is 16.8. The van der Waals surface area contributed by atoms with Crippen LogP contribution in [0.3, 0.4) is 0 Å². The summed E-state index contributed by atoms with van der Waals surface area (Å²) in [5.74, 6) is 0.105. The number of aryl methyl sites for hydroxylation is 2. The number of hydrogen-bond acceptors (Lipinski definition) is 3. The quantitative estimate of drug-likeness (QED) is 0.730. The van der Waals surface area contributed by atoms with Gasteiger partial charge >= 0.3 is 6.18 Å². The van der Waals surface area contributed by atoms with Crippen molar-refractivity contribution in [2.24, 2.45) is 0 Å². The minimum Gasteiger partial charge on any atom is -0.484 e.